The van der Waals surface area contributed by atoms with Crippen LogP contribution in [-0.4, -0.2) is 0 Å². The van der Waals surface area contributed by atoms with Crippen LogP contribution in [0.5, 0.6) is 0 Å². The largest absolute Gasteiger partial charge is 0.0991 e. The number of rotatable bonds is 1. The van der Waals surface area contributed by atoms with Gasteiger partial charge < -0.3 is 0 Å². The van der Waals surface area contributed by atoms with Gasteiger partial charge in [0.25, 0.3) is 0 Å². The lowest BCUT2D eigenvalue weighted by Crippen LogP contribution is -2.14. The Balaban J connectivity index is 2.71. The van der Waals surface area contributed by atoms with E-state index in [1.807, 2.05) is 6.08 Å². The fourth-order valence-corrected chi connectivity index (χ4v) is 2.75. The highest BCUT2D eigenvalue weighted by Gasteiger charge is 2.36. The van der Waals surface area contributed by atoms with E-state index in [2.05, 4.69) is 67.2 Å². The molecule has 0 aliphatic heterocycles. The first-order chi connectivity index (χ1) is 7.48. The molecule has 0 spiro atoms. The van der Waals surface area contributed by atoms with Crippen molar-refractivity contribution in [2.24, 2.45) is 0 Å². The van der Waals surface area contributed by atoms with Crippen LogP contribution >= 0.6 is 15.9 Å². The van der Waals surface area contributed by atoms with E-state index in [4.69, 9.17) is 0 Å². The fraction of sp³-hybridized carbons (Fsp3) is 0.200. The first kappa shape index (κ1) is 11.4. The SMILES string of the molecule is C=C/C=C1\C(=C)c2ccc(Br)cc2C1(C)C. The monoisotopic (exact) mass is 274 g/mol. The highest BCUT2D eigenvalue weighted by Crippen LogP contribution is 2.49. The Labute approximate surface area is 106 Å². The number of hydrogen-bond donors (Lipinski definition) is 0. The van der Waals surface area contributed by atoms with Crippen LogP contribution in [0.1, 0.15) is 25.0 Å². The van der Waals surface area contributed by atoms with Crippen LogP contribution in [0.15, 0.2) is 53.6 Å². The van der Waals surface area contributed by atoms with Crippen molar-refractivity contribution in [3.8, 4) is 0 Å². The Kier molecular flexibility index (Phi) is 2.67. The summed E-state index contributed by atoms with van der Waals surface area (Å²) in [5.74, 6) is 0. The average Bonchev–Trinajstić information content (AvgIpc) is 2.40. The predicted molar refractivity (Wildman–Crippen MR) is 74.5 cm³/mol. The van der Waals surface area contributed by atoms with E-state index in [1.165, 1.54) is 16.7 Å². The Bertz CT molecular complexity index is 504. The van der Waals surface area contributed by atoms with Crippen molar-refractivity contribution in [1.82, 2.24) is 0 Å². The Morgan fingerprint density at radius 2 is 2.00 bits per heavy atom. The van der Waals surface area contributed by atoms with Crippen LogP contribution in [0.2, 0.25) is 0 Å². The lowest BCUT2D eigenvalue weighted by molar-refractivity contribution is 0.660. The minimum atomic E-state index is 0.0182. The smallest absolute Gasteiger partial charge is 0.0178 e. The van der Waals surface area contributed by atoms with Gasteiger partial charge in [-0.05, 0) is 34.4 Å². The van der Waals surface area contributed by atoms with Crippen LogP contribution in [0.3, 0.4) is 0 Å². The molecule has 0 radical (unpaired) electrons. The summed E-state index contributed by atoms with van der Waals surface area (Å²) in [7, 11) is 0. The van der Waals surface area contributed by atoms with Crippen LogP contribution in [0.4, 0.5) is 0 Å². The summed E-state index contributed by atoms with van der Waals surface area (Å²) in [5, 5.41) is 0. The topological polar surface area (TPSA) is 0 Å². The maximum atomic E-state index is 4.19. The summed E-state index contributed by atoms with van der Waals surface area (Å²) in [5.41, 5.74) is 4.98. The van der Waals surface area contributed by atoms with Crippen LogP contribution in [0.25, 0.3) is 5.57 Å². The molecule has 0 atom stereocenters. The van der Waals surface area contributed by atoms with Gasteiger partial charge in [0.1, 0.15) is 0 Å². The fourth-order valence-electron chi connectivity index (χ4n) is 2.39. The second kappa shape index (κ2) is 3.74. The van der Waals surface area contributed by atoms with E-state index in [0.29, 0.717) is 0 Å². The molecule has 0 nitrogen and oxygen atoms in total. The highest BCUT2D eigenvalue weighted by molar-refractivity contribution is 9.10. The van der Waals surface area contributed by atoms with E-state index in [-0.39, 0.29) is 5.41 Å². The summed E-state index contributed by atoms with van der Waals surface area (Å²) in [6.07, 6.45) is 3.90. The molecule has 1 heteroatoms. The zero-order valence-electron chi connectivity index (χ0n) is 9.68. The number of allylic oxidation sites excluding steroid dienone is 4. The van der Waals surface area contributed by atoms with Gasteiger partial charge in [-0.3, -0.25) is 0 Å². The molecule has 2 rings (SSSR count). The van der Waals surface area contributed by atoms with Crippen molar-refractivity contribution in [3.05, 3.63) is 64.7 Å². The first-order valence-corrected chi connectivity index (χ1v) is 6.10. The van der Waals surface area contributed by atoms with Crippen molar-refractivity contribution >= 4 is 21.5 Å². The second-order valence-electron chi connectivity index (χ2n) is 4.61. The van der Waals surface area contributed by atoms with Gasteiger partial charge in [0, 0.05) is 9.89 Å². The molecule has 82 valence electrons. The Hall–Kier alpha value is -1.08. The second-order valence-corrected chi connectivity index (χ2v) is 5.53. The highest BCUT2D eigenvalue weighted by atomic mass is 79.9. The van der Waals surface area contributed by atoms with Gasteiger partial charge in [0.15, 0.2) is 0 Å². The molecule has 1 aliphatic rings. The van der Waals surface area contributed by atoms with Crippen LogP contribution in [-0.2, 0) is 5.41 Å². The van der Waals surface area contributed by atoms with Gasteiger partial charge >= 0.3 is 0 Å². The first-order valence-electron chi connectivity index (χ1n) is 5.31. The predicted octanol–water partition coefficient (Wildman–Crippen LogP) is 4.87. The minimum Gasteiger partial charge on any atom is -0.0991 e. The average molecular weight is 275 g/mol. The van der Waals surface area contributed by atoms with Crippen molar-refractivity contribution < 1.29 is 0 Å². The molecule has 16 heavy (non-hydrogen) atoms. The van der Waals surface area contributed by atoms with Gasteiger partial charge in [-0.2, -0.15) is 0 Å². The molecule has 0 heterocycles. The number of halogens is 1. The third-order valence-electron chi connectivity index (χ3n) is 3.26. The van der Waals surface area contributed by atoms with Crippen molar-refractivity contribution in [2.45, 2.75) is 19.3 Å². The van der Waals surface area contributed by atoms with Crippen molar-refractivity contribution in [1.29, 1.82) is 0 Å². The van der Waals surface area contributed by atoms with Gasteiger partial charge in [0.05, 0.1) is 0 Å². The third-order valence-corrected chi connectivity index (χ3v) is 3.76. The van der Waals surface area contributed by atoms with Gasteiger partial charge in [-0.1, -0.05) is 61.2 Å². The van der Waals surface area contributed by atoms with E-state index in [9.17, 15) is 0 Å². The Morgan fingerprint density at radius 1 is 1.31 bits per heavy atom. The third kappa shape index (κ3) is 1.51. The lowest BCUT2D eigenvalue weighted by Gasteiger charge is -2.21. The molecular weight excluding hydrogens is 260 g/mol. The summed E-state index contributed by atoms with van der Waals surface area (Å²) in [6, 6.07) is 6.38. The van der Waals surface area contributed by atoms with Gasteiger partial charge in [-0.25, -0.2) is 0 Å². The van der Waals surface area contributed by atoms with Crippen LogP contribution < -0.4 is 0 Å². The molecule has 1 aromatic carbocycles. The minimum absolute atomic E-state index is 0.0182. The molecule has 0 N–H and O–H groups in total. The maximum absolute atomic E-state index is 4.19. The standard InChI is InChI=1S/C15H15Br/c1-5-6-13-10(2)12-8-7-11(16)9-14(12)15(13,3)4/h5-9H,1-2H2,3-4H3/b13-6+. The molecule has 0 amide bonds. The molecule has 0 fully saturated rings. The molecule has 1 aliphatic carbocycles. The van der Waals surface area contributed by atoms with Crippen molar-refractivity contribution in [3.63, 3.8) is 0 Å². The zero-order chi connectivity index (χ0) is 11.9. The summed E-state index contributed by atoms with van der Waals surface area (Å²) < 4.78 is 1.12. The molecule has 0 unspecified atom stereocenters. The number of hydrogen-bond acceptors (Lipinski definition) is 0. The van der Waals surface area contributed by atoms with E-state index in [0.717, 1.165) is 10.0 Å². The van der Waals surface area contributed by atoms with E-state index >= 15 is 0 Å². The summed E-state index contributed by atoms with van der Waals surface area (Å²) >= 11 is 3.53. The van der Waals surface area contributed by atoms with E-state index < -0.39 is 0 Å². The van der Waals surface area contributed by atoms with Crippen LogP contribution in [0, 0.1) is 0 Å². The number of fused-ring (bicyclic) bond motifs is 1. The normalized spacial score (nSPS) is 19.9. The van der Waals surface area contributed by atoms with Crippen molar-refractivity contribution in [2.75, 3.05) is 0 Å². The summed E-state index contributed by atoms with van der Waals surface area (Å²) in [4.78, 5) is 0. The molecule has 0 aromatic heterocycles. The molecular formula is C15H15Br. The summed E-state index contributed by atoms with van der Waals surface area (Å²) in [6.45, 7) is 12.4. The molecule has 0 bridgehead atoms. The number of benzene rings is 1. The Morgan fingerprint density at radius 3 is 2.62 bits per heavy atom. The van der Waals surface area contributed by atoms with Gasteiger partial charge in [0.2, 0.25) is 0 Å². The van der Waals surface area contributed by atoms with Gasteiger partial charge in [-0.15, -0.1) is 0 Å². The lowest BCUT2D eigenvalue weighted by atomic mass is 9.82. The molecule has 0 saturated heterocycles. The van der Waals surface area contributed by atoms with E-state index in [1.54, 1.807) is 0 Å². The quantitative estimate of drug-likeness (QED) is 0.686. The molecule has 0 saturated carbocycles. The maximum Gasteiger partial charge on any atom is 0.0178 e. The zero-order valence-corrected chi connectivity index (χ0v) is 11.3. The molecule has 1 aromatic rings.